The SMILES string of the molecule is CCOc1nc(-c2cccc(F)c2)ncc1F. The number of nitrogens with zero attached hydrogens (tertiary/aromatic N) is 2. The predicted octanol–water partition coefficient (Wildman–Crippen LogP) is 2.82. The Bertz CT molecular complexity index is 532. The van der Waals surface area contributed by atoms with Crippen molar-refractivity contribution in [2.45, 2.75) is 6.92 Å². The summed E-state index contributed by atoms with van der Waals surface area (Å²) in [5, 5.41) is 0. The second-order valence-electron chi connectivity index (χ2n) is 3.29. The molecule has 0 spiro atoms. The van der Waals surface area contributed by atoms with Crippen molar-refractivity contribution in [1.82, 2.24) is 9.97 Å². The van der Waals surface area contributed by atoms with Crippen LogP contribution in [0.2, 0.25) is 0 Å². The van der Waals surface area contributed by atoms with Crippen molar-refractivity contribution in [3.05, 3.63) is 42.1 Å². The van der Waals surface area contributed by atoms with E-state index < -0.39 is 11.6 Å². The van der Waals surface area contributed by atoms with Crippen molar-refractivity contribution in [1.29, 1.82) is 0 Å². The van der Waals surface area contributed by atoms with Gasteiger partial charge in [0.25, 0.3) is 5.88 Å². The average molecular weight is 236 g/mol. The van der Waals surface area contributed by atoms with E-state index >= 15 is 0 Å². The van der Waals surface area contributed by atoms with Crippen LogP contribution in [0.4, 0.5) is 8.78 Å². The Morgan fingerprint density at radius 2 is 2.12 bits per heavy atom. The third-order valence-corrected chi connectivity index (χ3v) is 2.08. The van der Waals surface area contributed by atoms with E-state index in [9.17, 15) is 8.78 Å². The predicted molar refractivity (Wildman–Crippen MR) is 58.6 cm³/mol. The molecule has 0 saturated carbocycles. The number of rotatable bonds is 3. The summed E-state index contributed by atoms with van der Waals surface area (Å²) in [4.78, 5) is 7.70. The lowest BCUT2D eigenvalue weighted by molar-refractivity contribution is 0.306. The Labute approximate surface area is 97.1 Å². The van der Waals surface area contributed by atoms with Gasteiger partial charge in [0.2, 0.25) is 5.82 Å². The lowest BCUT2D eigenvalue weighted by atomic mass is 10.2. The molecule has 1 heterocycles. The first kappa shape index (κ1) is 11.4. The van der Waals surface area contributed by atoms with Crippen LogP contribution in [-0.4, -0.2) is 16.6 Å². The molecule has 0 bridgehead atoms. The molecule has 0 aliphatic heterocycles. The zero-order chi connectivity index (χ0) is 12.3. The summed E-state index contributed by atoms with van der Waals surface area (Å²) in [6, 6.07) is 5.78. The van der Waals surface area contributed by atoms with E-state index in [0.717, 1.165) is 6.20 Å². The Morgan fingerprint density at radius 1 is 1.29 bits per heavy atom. The smallest absolute Gasteiger partial charge is 0.254 e. The standard InChI is InChI=1S/C12H10F2N2O/c1-2-17-12-10(14)7-15-11(16-12)8-4-3-5-9(13)6-8/h3-7H,2H2,1H3. The molecule has 0 aliphatic carbocycles. The van der Waals surface area contributed by atoms with Crippen molar-refractivity contribution in [2.75, 3.05) is 6.61 Å². The maximum atomic E-state index is 13.2. The average Bonchev–Trinajstić information content (AvgIpc) is 2.32. The number of ether oxygens (including phenoxy) is 1. The van der Waals surface area contributed by atoms with Gasteiger partial charge in [0.05, 0.1) is 12.8 Å². The Hall–Kier alpha value is -2.04. The van der Waals surface area contributed by atoms with Gasteiger partial charge in [-0.25, -0.2) is 9.37 Å². The Morgan fingerprint density at radius 3 is 2.82 bits per heavy atom. The van der Waals surface area contributed by atoms with Gasteiger partial charge in [0.1, 0.15) is 5.82 Å². The fourth-order valence-electron chi connectivity index (χ4n) is 1.36. The summed E-state index contributed by atoms with van der Waals surface area (Å²) in [5.74, 6) is -0.920. The number of aromatic nitrogens is 2. The van der Waals surface area contributed by atoms with Gasteiger partial charge in [-0.2, -0.15) is 9.37 Å². The van der Waals surface area contributed by atoms with E-state index in [1.165, 1.54) is 18.2 Å². The minimum Gasteiger partial charge on any atom is -0.476 e. The maximum absolute atomic E-state index is 13.2. The summed E-state index contributed by atoms with van der Waals surface area (Å²) >= 11 is 0. The molecular formula is C12H10F2N2O. The molecule has 0 radical (unpaired) electrons. The van der Waals surface area contributed by atoms with E-state index in [1.807, 2.05) is 0 Å². The van der Waals surface area contributed by atoms with Crippen molar-refractivity contribution in [2.24, 2.45) is 0 Å². The lowest BCUT2D eigenvalue weighted by Gasteiger charge is -2.05. The third kappa shape index (κ3) is 2.55. The highest BCUT2D eigenvalue weighted by Crippen LogP contribution is 2.20. The van der Waals surface area contributed by atoms with Crippen molar-refractivity contribution >= 4 is 0 Å². The number of halogens is 2. The fourth-order valence-corrected chi connectivity index (χ4v) is 1.36. The van der Waals surface area contributed by atoms with Crippen molar-refractivity contribution in [3.63, 3.8) is 0 Å². The van der Waals surface area contributed by atoms with Gasteiger partial charge in [0, 0.05) is 5.56 Å². The van der Waals surface area contributed by atoms with Crippen LogP contribution in [0.5, 0.6) is 5.88 Å². The van der Waals surface area contributed by atoms with E-state index in [0.29, 0.717) is 12.2 Å². The minimum absolute atomic E-state index is 0.123. The van der Waals surface area contributed by atoms with Gasteiger partial charge in [-0.1, -0.05) is 12.1 Å². The molecule has 88 valence electrons. The molecule has 0 amide bonds. The van der Waals surface area contributed by atoms with Crippen LogP contribution >= 0.6 is 0 Å². The van der Waals surface area contributed by atoms with E-state index in [4.69, 9.17) is 4.74 Å². The summed E-state index contributed by atoms with van der Waals surface area (Å²) in [6.07, 6.45) is 1.01. The zero-order valence-electron chi connectivity index (χ0n) is 9.15. The van der Waals surface area contributed by atoms with Gasteiger partial charge in [-0.15, -0.1) is 0 Å². The van der Waals surface area contributed by atoms with Crippen molar-refractivity contribution < 1.29 is 13.5 Å². The normalized spacial score (nSPS) is 10.3. The highest BCUT2D eigenvalue weighted by atomic mass is 19.1. The van der Waals surface area contributed by atoms with E-state index in [-0.39, 0.29) is 11.7 Å². The Balaban J connectivity index is 2.42. The highest BCUT2D eigenvalue weighted by Gasteiger charge is 2.09. The molecule has 17 heavy (non-hydrogen) atoms. The third-order valence-electron chi connectivity index (χ3n) is 2.08. The number of hydrogen-bond acceptors (Lipinski definition) is 3. The van der Waals surface area contributed by atoms with Crippen LogP contribution in [0.25, 0.3) is 11.4 Å². The largest absolute Gasteiger partial charge is 0.476 e. The highest BCUT2D eigenvalue weighted by molar-refractivity contribution is 5.55. The molecule has 0 unspecified atom stereocenters. The second kappa shape index (κ2) is 4.86. The molecule has 2 rings (SSSR count). The fraction of sp³-hybridized carbons (Fsp3) is 0.167. The molecule has 1 aromatic heterocycles. The second-order valence-corrected chi connectivity index (χ2v) is 3.29. The summed E-state index contributed by atoms with van der Waals surface area (Å²) < 4.78 is 31.3. The molecule has 1 aromatic carbocycles. The number of benzene rings is 1. The summed E-state index contributed by atoms with van der Waals surface area (Å²) in [7, 11) is 0. The first-order valence-corrected chi connectivity index (χ1v) is 5.12. The number of hydrogen-bond donors (Lipinski definition) is 0. The molecule has 0 aliphatic rings. The van der Waals surface area contributed by atoms with Crippen LogP contribution in [-0.2, 0) is 0 Å². The van der Waals surface area contributed by atoms with Crippen LogP contribution in [0.1, 0.15) is 6.92 Å². The Kier molecular flexibility index (Phi) is 3.27. The molecule has 3 nitrogen and oxygen atoms in total. The monoisotopic (exact) mass is 236 g/mol. The van der Waals surface area contributed by atoms with Crippen LogP contribution in [0.3, 0.4) is 0 Å². The molecule has 0 N–H and O–H groups in total. The van der Waals surface area contributed by atoms with Crippen LogP contribution < -0.4 is 4.74 Å². The van der Waals surface area contributed by atoms with Gasteiger partial charge in [-0.05, 0) is 19.1 Å². The van der Waals surface area contributed by atoms with Gasteiger partial charge in [-0.3, -0.25) is 0 Å². The molecule has 0 fully saturated rings. The molecule has 2 aromatic rings. The maximum Gasteiger partial charge on any atom is 0.254 e. The minimum atomic E-state index is -0.632. The molecular weight excluding hydrogens is 226 g/mol. The van der Waals surface area contributed by atoms with Crippen LogP contribution in [0, 0.1) is 11.6 Å². The van der Waals surface area contributed by atoms with Crippen LogP contribution in [0.15, 0.2) is 30.5 Å². The van der Waals surface area contributed by atoms with Crippen molar-refractivity contribution in [3.8, 4) is 17.3 Å². The lowest BCUT2D eigenvalue weighted by Crippen LogP contribution is -2.00. The first-order valence-electron chi connectivity index (χ1n) is 5.12. The molecule has 5 heteroatoms. The zero-order valence-corrected chi connectivity index (χ0v) is 9.15. The van der Waals surface area contributed by atoms with E-state index in [2.05, 4.69) is 9.97 Å². The molecule has 0 atom stereocenters. The van der Waals surface area contributed by atoms with Gasteiger partial charge in [0.15, 0.2) is 5.82 Å². The first-order chi connectivity index (χ1) is 8.20. The van der Waals surface area contributed by atoms with Gasteiger partial charge < -0.3 is 4.74 Å². The van der Waals surface area contributed by atoms with E-state index in [1.54, 1.807) is 13.0 Å². The topological polar surface area (TPSA) is 35.0 Å². The quantitative estimate of drug-likeness (QED) is 0.821. The summed E-state index contributed by atoms with van der Waals surface area (Å²) in [5.41, 5.74) is 0.478. The summed E-state index contributed by atoms with van der Waals surface area (Å²) in [6.45, 7) is 2.03. The molecule has 0 saturated heterocycles. The van der Waals surface area contributed by atoms with Gasteiger partial charge >= 0.3 is 0 Å².